The number of hydrogen-bond donors (Lipinski definition) is 0. The van der Waals surface area contributed by atoms with Crippen LogP contribution in [0.15, 0.2) is 36.4 Å². The minimum absolute atomic E-state index is 0.00657. The van der Waals surface area contributed by atoms with Crippen LogP contribution in [0, 0.1) is 23.3 Å². The van der Waals surface area contributed by atoms with Gasteiger partial charge in [0, 0.05) is 0 Å². The fraction of sp³-hybridized carbons (Fsp3) is 0.125. The van der Waals surface area contributed by atoms with Crippen LogP contribution in [0.1, 0.15) is 27.6 Å². The van der Waals surface area contributed by atoms with Gasteiger partial charge in [-0.3, -0.25) is 9.59 Å². The molecule has 0 spiro atoms. The highest BCUT2D eigenvalue weighted by Gasteiger charge is 2.13. The third-order valence-corrected chi connectivity index (χ3v) is 3.21. The molecule has 0 aliphatic rings. The maximum Gasteiger partial charge on any atom is 0.176 e. The predicted octanol–water partition coefficient (Wildman–Crippen LogP) is 4.71. The Bertz CT molecular complexity index is 732. The van der Waals surface area contributed by atoms with E-state index in [1.165, 1.54) is 31.2 Å². The van der Waals surface area contributed by atoms with Crippen LogP contribution in [-0.2, 0) is 0 Å². The Labute approximate surface area is 138 Å². The molecule has 0 radical (unpaired) electrons. The van der Waals surface area contributed by atoms with Crippen molar-refractivity contribution in [3.05, 3.63) is 70.8 Å². The number of benzene rings is 2. The summed E-state index contributed by atoms with van der Waals surface area (Å²) in [5, 5.41) is -0.00657. The Morgan fingerprint density at radius 3 is 1.70 bits per heavy atom. The van der Waals surface area contributed by atoms with Crippen LogP contribution in [-0.4, -0.2) is 16.9 Å². The van der Waals surface area contributed by atoms with Crippen molar-refractivity contribution >= 4 is 27.5 Å². The number of hydrogen-bond acceptors (Lipinski definition) is 2. The molecule has 0 atom stereocenters. The number of halogens is 5. The second-order valence-corrected chi connectivity index (χ2v) is 4.88. The number of carbonyl (C=O) groups excluding carboxylic acids is 2. The van der Waals surface area contributed by atoms with E-state index in [2.05, 4.69) is 15.9 Å². The Morgan fingerprint density at radius 1 is 0.870 bits per heavy atom. The molecule has 0 bridgehead atoms. The topological polar surface area (TPSA) is 34.1 Å². The molecule has 0 fully saturated rings. The highest BCUT2D eigenvalue weighted by Crippen LogP contribution is 2.12. The molecule has 7 heteroatoms. The Hall–Kier alpha value is -2.02. The summed E-state index contributed by atoms with van der Waals surface area (Å²) in [6.45, 7) is 1.19. The van der Waals surface area contributed by atoms with Gasteiger partial charge < -0.3 is 0 Å². The number of Topliss-reactive ketones (excluding diaryl/α,β-unsaturated/α-hetero) is 2. The van der Waals surface area contributed by atoms with Crippen LogP contribution < -0.4 is 0 Å². The smallest absolute Gasteiger partial charge is 0.176 e. The van der Waals surface area contributed by atoms with E-state index in [-0.39, 0.29) is 16.5 Å². The summed E-state index contributed by atoms with van der Waals surface area (Å²) in [6, 6.07) is 7.05. The summed E-state index contributed by atoms with van der Waals surface area (Å²) in [5.41, 5.74) is -0.420. The molecular formula is C16H11BrF4O2. The molecule has 0 aliphatic carbocycles. The standard InChI is InChI=1S/C8H5BrF2O.C8H6F2O/c9-4-7(12)5-2-1-3-6(10)8(5)11;1-5(11)6-3-2-4-7(9)8(6)10/h1-3H,4H2;2-4H,1H3. The van der Waals surface area contributed by atoms with Gasteiger partial charge in [-0.25, -0.2) is 17.6 Å². The molecule has 0 unspecified atom stereocenters. The Morgan fingerprint density at radius 2 is 1.30 bits per heavy atom. The van der Waals surface area contributed by atoms with Gasteiger partial charge in [0.2, 0.25) is 0 Å². The van der Waals surface area contributed by atoms with Crippen LogP contribution in [0.5, 0.6) is 0 Å². The van der Waals surface area contributed by atoms with Gasteiger partial charge in [0.25, 0.3) is 0 Å². The number of carbonyl (C=O) groups is 2. The summed E-state index contributed by atoms with van der Waals surface area (Å²) in [7, 11) is 0. The van der Waals surface area contributed by atoms with Crippen molar-refractivity contribution < 1.29 is 27.2 Å². The second kappa shape index (κ2) is 8.57. The molecule has 0 aromatic heterocycles. The van der Waals surface area contributed by atoms with E-state index in [9.17, 15) is 27.2 Å². The van der Waals surface area contributed by atoms with Crippen LogP contribution in [0.2, 0.25) is 0 Å². The molecule has 0 N–H and O–H groups in total. The molecule has 0 amide bonds. The Kier molecular flexibility index (Phi) is 7.09. The molecule has 2 rings (SSSR count). The summed E-state index contributed by atoms with van der Waals surface area (Å²) in [6.07, 6.45) is 0. The molecule has 2 aromatic carbocycles. The van der Waals surface area contributed by atoms with Crippen molar-refractivity contribution in [2.45, 2.75) is 6.92 Å². The maximum atomic E-state index is 12.8. The number of alkyl halides is 1. The molecular weight excluding hydrogens is 380 g/mol. The quantitative estimate of drug-likeness (QED) is 0.432. The number of rotatable bonds is 3. The van der Waals surface area contributed by atoms with Crippen molar-refractivity contribution in [3.8, 4) is 0 Å². The third-order valence-electron chi connectivity index (χ3n) is 2.70. The van der Waals surface area contributed by atoms with Gasteiger partial charge in [-0.2, -0.15) is 0 Å². The van der Waals surface area contributed by atoms with Gasteiger partial charge in [0.1, 0.15) is 0 Å². The monoisotopic (exact) mass is 390 g/mol. The highest BCUT2D eigenvalue weighted by molar-refractivity contribution is 9.09. The molecule has 23 heavy (non-hydrogen) atoms. The van der Waals surface area contributed by atoms with Gasteiger partial charge in [0.05, 0.1) is 16.5 Å². The first-order valence-corrected chi connectivity index (χ1v) is 7.39. The number of ketones is 2. The van der Waals surface area contributed by atoms with Crippen molar-refractivity contribution in [2.24, 2.45) is 0 Å². The molecule has 122 valence electrons. The minimum Gasteiger partial charge on any atom is -0.294 e. The molecule has 0 aliphatic heterocycles. The first-order chi connectivity index (χ1) is 10.8. The van der Waals surface area contributed by atoms with Crippen LogP contribution in [0.4, 0.5) is 17.6 Å². The fourth-order valence-corrected chi connectivity index (χ4v) is 1.87. The maximum absolute atomic E-state index is 12.8. The van der Waals surface area contributed by atoms with Gasteiger partial charge in [0.15, 0.2) is 34.8 Å². The van der Waals surface area contributed by atoms with E-state index >= 15 is 0 Å². The largest absolute Gasteiger partial charge is 0.294 e. The lowest BCUT2D eigenvalue weighted by Gasteiger charge is -1.98. The fourth-order valence-electron chi connectivity index (χ4n) is 1.57. The predicted molar refractivity (Wildman–Crippen MR) is 80.8 cm³/mol. The average molecular weight is 391 g/mol. The summed E-state index contributed by atoms with van der Waals surface area (Å²) >= 11 is 2.87. The van der Waals surface area contributed by atoms with E-state index in [4.69, 9.17) is 0 Å². The Balaban J connectivity index is 0.000000231. The van der Waals surface area contributed by atoms with Gasteiger partial charge in [-0.05, 0) is 31.2 Å². The average Bonchev–Trinajstić information content (AvgIpc) is 2.52. The van der Waals surface area contributed by atoms with E-state index in [0.717, 1.165) is 12.1 Å². The second-order valence-electron chi connectivity index (χ2n) is 4.32. The SMILES string of the molecule is CC(=O)c1cccc(F)c1F.O=C(CBr)c1cccc(F)c1F. The van der Waals surface area contributed by atoms with Crippen molar-refractivity contribution in [1.29, 1.82) is 0 Å². The highest BCUT2D eigenvalue weighted by atomic mass is 79.9. The van der Waals surface area contributed by atoms with E-state index in [1.807, 2.05) is 0 Å². The molecule has 0 saturated carbocycles. The zero-order valence-corrected chi connectivity index (χ0v) is 13.5. The van der Waals surface area contributed by atoms with E-state index < -0.39 is 34.8 Å². The first kappa shape index (κ1) is 19.0. The first-order valence-electron chi connectivity index (χ1n) is 6.27. The van der Waals surface area contributed by atoms with E-state index in [0.29, 0.717) is 0 Å². The summed E-state index contributed by atoms with van der Waals surface area (Å²) < 4.78 is 50.4. The minimum atomic E-state index is -1.08. The van der Waals surface area contributed by atoms with Crippen molar-refractivity contribution in [3.63, 3.8) is 0 Å². The summed E-state index contributed by atoms with van der Waals surface area (Å²) in [5.74, 6) is -5.07. The third kappa shape index (κ3) is 4.99. The molecule has 2 aromatic rings. The lowest BCUT2D eigenvalue weighted by molar-refractivity contribution is 0.100. The zero-order chi connectivity index (χ0) is 17.6. The van der Waals surface area contributed by atoms with Gasteiger partial charge in [-0.15, -0.1) is 0 Å². The van der Waals surface area contributed by atoms with Crippen molar-refractivity contribution in [1.82, 2.24) is 0 Å². The molecule has 2 nitrogen and oxygen atoms in total. The van der Waals surface area contributed by atoms with Crippen LogP contribution in [0.25, 0.3) is 0 Å². The van der Waals surface area contributed by atoms with Gasteiger partial charge in [-0.1, -0.05) is 28.1 Å². The zero-order valence-electron chi connectivity index (χ0n) is 11.9. The summed E-state index contributed by atoms with van der Waals surface area (Å²) in [4.78, 5) is 21.5. The molecule has 0 saturated heterocycles. The van der Waals surface area contributed by atoms with Crippen LogP contribution >= 0.6 is 15.9 Å². The van der Waals surface area contributed by atoms with Crippen LogP contribution in [0.3, 0.4) is 0 Å². The van der Waals surface area contributed by atoms with E-state index in [1.54, 1.807) is 0 Å². The van der Waals surface area contributed by atoms with Crippen molar-refractivity contribution in [2.75, 3.05) is 5.33 Å². The lowest BCUT2D eigenvalue weighted by atomic mass is 10.1. The van der Waals surface area contributed by atoms with Gasteiger partial charge >= 0.3 is 0 Å². The normalized spacial score (nSPS) is 9.83. The lowest BCUT2D eigenvalue weighted by Crippen LogP contribution is -2.04. The molecule has 0 heterocycles.